The van der Waals surface area contributed by atoms with Crippen LogP contribution in [0.2, 0.25) is 0 Å². The number of amides is 2. The summed E-state index contributed by atoms with van der Waals surface area (Å²) in [5.74, 6) is -3.52. The molecule has 190 valence electrons. The molecule has 12 heteroatoms. The lowest BCUT2D eigenvalue weighted by Crippen LogP contribution is -2.52. The number of carbonyl (C=O) groups is 2. The average molecular weight is 502 g/mol. The van der Waals surface area contributed by atoms with E-state index in [1.54, 1.807) is 4.90 Å². The summed E-state index contributed by atoms with van der Waals surface area (Å²) >= 11 is 0. The van der Waals surface area contributed by atoms with Gasteiger partial charge < -0.3 is 29.5 Å². The van der Waals surface area contributed by atoms with Gasteiger partial charge in [-0.25, -0.2) is 8.78 Å². The molecule has 2 amide bonds. The molecule has 5 rings (SSSR count). The zero-order valence-corrected chi connectivity index (χ0v) is 19.6. The quantitative estimate of drug-likeness (QED) is 0.663. The third-order valence-corrected chi connectivity index (χ3v) is 7.22. The van der Waals surface area contributed by atoms with Crippen molar-refractivity contribution in [1.29, 1.82) is 0 Å². The van der Waals surface area contributed by atoms with E-state index in [-0.39, 0.29) is 30.4 Å². The molecule has 1 spiro atoms. The van der Waals surface area contributed by atoms with Crippen LogP contribution in [-0.4, -0.2) is 57.6 Å². The van der Waals surface area contributed by atoms with Crippen LogP contribution in [0.5, 0.6) is 5.75 Å². The van der Waals surface area contributed by atoms with Gasteiger partial charge >= 0.3 is 0 Å². The zero-order valence-electron chi connectivity index (χ0n) is 19.6. The Balaban J connectivity index is 1.54. The fraction of sp³-hybridized carbons (Fsp3) is 0.417. The Labute approximate surface area is 204 Å². The number of pyridine rings is 1. The molecule has 10 nitrogen and oxygen atoms in total. The molecular weight excluding hydrogens is 478 g/mol. The van der Waals surface area contributed by atoms with Crippen LogP contribution < -0.4 is 10.7 Å². The minimum atomic E-state index is -1.03. The second kappa shape index (κ2) is 8.61. The Morgan fingerprint density at radius 2 is 2.14 bits per heavy atom. The first-order chi connectivity index (χ1) is 17.1. The van der Waals surface area contributed by atoms with E-state index in [4.69, 9.17) is 9.57 Å². The van der Waals surface area contributed by atoms with Crippen molar-refractivity contribution in [3.63, 3.8) is 0 Å². The normalized spacial score (nSPS) is 24.6. The van der Waals surface area contributed by atoms with Crippen LogP contribution in [0.4, 0.5) is 8.78 Å². The van der Waals surface area contributed by atoms with Gasteiger partial charge in [-0.05, 0) is 25.8 Å². The number of carbonyl (C=O) groups excluding carboxylic acids is 2. The Hall–Kier alpha value is -3.96. The molecule has 2 aromatic rings. The van der Waals surface area contributed by atoms with Gasteiger partial charge in [0.1, 0.15) is 17.2 Å². The maximum Gasteiger partial charge on any atom is 0.274 e. The number of nitrogens with one attached hydrogen (secondary N) is 1. The lowest BCUT2D eigenvalue weighted by Gasteiger charge is -2.41. The summed E-state index contributed by atoms with van der Waals surface area (Å²) < 4.78 is 33.8. The van der Waals surface area contributed by atoms with E-state index in [1.165, 1.54) is 23.9 Å². The fourth-order valence-corrected chi connectivity index (χ4v) is 5.13. The number of benzene rings is 1. The van der Waals surface area contributed by atoms with E-state index in [9.17, 15) is 28.3 Å². The van der Waals surface area contributed by atoms with Crippen LogP contribution in [0, 0.1) is 11.6 Å². The van der Waals surface area contributed by atoms with Gasteiger partial charge in [0.05, 0.1) is 19.6 Å². The zero-order chi connectivity index (χ0) is 25.8. The SMILES string of the molecule is COC1=NOC2(CCC(C)N3CC2n2cc(C(=O)NCc4ccc(F)cc4F)c(=O)c(O)c2C3=O)C1. The molecule has 36 heavy (non-hydrogen) atoms. The predicted octanol–water partition coefficient (Wildman–Crippen LogP) is 2.06. The summed E-state index contributed by atoms with van der Waals surface area (Å²) in [6, 6.07) is 2.14. The Kier molecular flexibility index (Phi) is 5.68. The smallest absolute Gasteiger partial charge is 0.274 e. The minimum Gasteiger partial charge on any atom is -0.503 e. The molecular formula is C24H24F2N4O6. The van der Waals surface area contributed by atoms with Crippen molar-refractivity contribution >= 4 is 17.7 Å². The van der Waals surface area contributed by atoms with E-state index in [2.05, 4.69) is 10.5 Å². The highest BCUT2D eigenvalue weighted by molar-refractivity contribution is 5.99. The molecule has 1 fully saturated rings. The fourth-order valence-electron chi connectivity index (χ4n) is 5.13. The maximum absolute atomic E-state index is 14.0. The van der Waals surface area contributed by atoms with Crippen LogP contribution in [-0.2, 0) is 16.1 Å². The highest BCUT2D eigenvalue weighted by Crippen LogP contribution is 2.46. The van der Waals surface area contributed by atoms with E-state index in [1.807, 2.05) is 6.92 Å². The lowest BCUT2D eigenvalue weighted by molar-refractivity contribution is -0.0655. The third-order valence-electron chi connectivity index (χ3n) is 7.22. The number of hydrogen-bond acceptors (Lipinski definition) is 7. The summed E-state index contributed by atoms with van der Waals surface area (Å²) in [7, 11) is 1.47. The van der Waals surface area contributed by atoms with Gasteiger partial charge in [-0.3, -0.25) is 14.4 Å². The van der Waals surface area contributed by atoms with Crippen molar-refractivity contribution in [2.45, 2.75) is 50.4 Å². The van der Waals surface area contributed by atoms with E-state index in [0.717, 1.165) is 6.07 Å². The molecule has 1 saturated heterocycles. The second-order valence-corrected chi connectivity index (χ2v) is 9.28. The number of rotatable bonds is 3. The average Bonchev–Trinajstić information content (AvgIpc) is 3.23. The van der Waals surface area contributed by atoms with Gasteiger partial charge in [-0.2, -0.15) is 0 Å². The van der Waals surface area contributed by atoms with Gasteiger partial charge in [-0.1, -0.05) is 11.2 Å². The summed E-state index contributed by atoms with van der Waals surface area (Å²) in [5.41, 5.74) is -2.61. The largest absolute Gasteiger partial charge is 0.503 e. The number of aromatic hydroxyl groups is 1. The molecule has 2 N–H and O–H groups in total. The minimum absolute atomic E-state index is 0.0122. The molecule has 3 aliphatic heterocycles. The van der Waals surface area contributed by atoms with Crippen LogP contribution in [0.15, 0.2) is 34.3 Å². The maximum atomic E-state index is 14.0. The number of hydrogen-bond donors (Lipinski definition) is 2. The van der Waals surface area contributed by atoms with Gasteiger partial charge in [-0.15, -0.1) is 0 Å². The molecule has 0 radical (unpaired) electrons. The summed E-state index contributed by atoms with van der Waals surface area (Å²) in [4.78, 5) is 46.6. The number of oxime groups is 1. The number of halogens is 2. The molecule has 1 aromatic heterocycles. The van der Waals surface area contributed by atoms with Crippen molar-refractivity contribution in [3.05, 3.63) is 63.1 Å². The van der Waals surface area contributed by atoms with Crippen molar-refractivity contribution in [2.75, 3.05) is 13.7 Å². The van der Waals surface area contributed by atoms with Crippen LogP contribution in [0.1, 0.15) is 58.6 Å². The number of fused-ring (bicyclic) bond motifs is 5. The first-order valence-electron chi connectivity index (χ1n) is 11.5. The van der Waals surface area contributed by atoms with Gasteiger partial charge in [0, 0.05) is 37.0 Å². The Morgan fingerprint density at radius 3 is 2.83 bits per heavy atom. The highest BCUT2D eigenvalue weighted by atomic mass is 19.1. The van der Waals surface area contributed by atoms with Crippen molar-refractivity contribution < 1.29 is 33.1 Å². The molecule has 3 atom stereocenters. The van der Waals surface area contributed by atoms with E-state index >= 15 is 0 Å². The van der Waals surface area contributed by atoms with Crippen molar-refractivity contribution in [2.24, 2.45) is 5.16 Å². The number of nitrogens with zero attached hydrogens (tertiary/aromatic N) is 3. The first-order valence-corrected chi connectivity index (χ1v) is 11.5. The van der Waals surface area contributed by atoms with E-state index in [0.29, 0.717) is 31.2 Å². The van der Waals surface area contributed by atoms with Crippen LogP contribution in [0.25, 0.3) is 0 Å². The lowest BCUT2D eigenvalue weighted by atomic mass is 9.85. The number of methoxy groups -OCH3 is 1. The molecule has 3 aliphatic rings. The number of aromatic nitrogens is 1. The van der Waals surface area contributed by atoms with Gasteiger partial charge in [0.2, 0.25) is 11.3 Å². The Morgan fingerprint density at radius 1 is 1.36 bits per heavy atom. The van der Waals surface area contributed by atoms with Crippen LogP contribution >= 0.6 is 0 Å². The number of ether oxygens (including phenoxy) is 1. The van der Waals surface area contributed by atoms with Crippen LogP contribution in [0.3, 0.4) is 0 Å². The third kappa shape index (κ3) is 3.67. The molecule has 3 unspecified atom stereocenters. The molecule has 0 saturated carbocycles. The van der Waals surface area contributed by atoms with E-state index < -0.39 is 51.8 Å². The highest BCUT2D eigenvalue weighted by Gasteiger charge is 2.54. The topological polar surface area (TPSA) is 122 Å². The second-order valence-electron chi connectivity index (χ2n) is 9.28. The summed E-state index contributed by atoms with van der Waals surface area (Å²) in [5, 5.41) is 17.3. The summed E-state index contributed by atoms with van der Waals surface area (Å²) in [6.45, 7) is 1.77. The molecule has 4 heterocycles. The van der Waals surface area contributed by atoms with Crippen molar-refractivity contribution in [1.82, 2.24) is 14.8 Å². The Bertz CT molecular complexity index is 1360. The van der Waals surface area contributed by atoms with Gasteiger partial charge in [0.25, 0.3) is 11.8 Å². The predicted molar refractivity (Wildman–Crippen MR) is 122 cm³/mol. The molecule has 1 aromatic carbocycles. The summed E-state index contributed by atoms with van der Waals surface area (Å²) in [6.07, 6.45) is 2.63. The molecule has 2 bridgehead atoms. The monoisotopic (exact) mass is 502 g/mol. The van der Waals surface area contributed by atoms with Crippen molar-refractivity contribution in [3.8, 4) is 5.75 Å². The molecule has 0 aliphatic carbocycles. The standard InChI is InChI=1S/C24H24F2N4O6/c1-12-5-6-24(8-18(35-2)28-36-24)17-11-29(12)23(34)19-21(32)20(31)15(10-30(17)19)22(33)27-9-13-3-4-14(25)7-16(13)26/h3-4,7,10,12,17,32H,5-6,8-9,11H2,1-2H3,(H,27,33). The van der Waals surface area contributed by atoms with Gasteiger partial charge in [0.15, 0.2) is 17.0 Å². The first kappa shape index (κ1) is 23.8.